The highest BCUT2D eigenvalue weighted by molar-refractivity contribution is 6.29. The van der Waals surface area contributed by atoms with Gasteiger partial charge in [0.15, 0.2) is 5.69 Å². The number of methoxy groups -OCH3 is 1. The summed E-state index contributed by atoms with van der Waals surface area (Å²) in [7, 11) is 1.42. The third-order valence-electron chi connectivity index (χ3n) is 2.12. The van der Waals surface area contributed by atoms with Crippen LogP contribution in [0.2, 0.25) is 5.15 Å². The number of hydrogen-bond donors (Lipinski definition) is 1. The highest BCUT2D eigenvalue weighted by atomic mass is 35.5. The van der Waals surface area contributed by atoms with E-state index in [9.17, 15) is 4.79 Å². The van der Waals surface area contributed by atoms with Crippen LogP contribution in [0.15, 0.2) is 6.20 Å². The van der Waals surface area contributed by atoms with Gasteiger partial charge in [0.25, 0.3) is 5.88 Å². The van der Waals surface area contributed by atoms with Crippen molar-refractivity contribution in [2.75, 3.05) is 7.11 Å². The second-order valence-corrected chi connectivity index (χ2v) is 3.50. The summed E-state index contributed by atoms with van der Waals surface area (Å²) in [6.45, 7) is 1.60. The Bertz CT molecular complexity index is 579. The van der Waals surface area contributed by atoms with E-state index < -0.39 is 5.97 Å². The van der Waals surface area contributed by atoms with Crippen molar-refractivity contribution in [1.29, 1.82) is 0 Å². The van der Waals surface area contributed by atoms with Crippen LogP contribution >= 0.6 is 11.6 Å². The number of carboxylic acid groups (broad SMARTS) is 1. The molecule has 1 N–H and O–H groups in total. The summed E-state index contributed by atoms with van der Waals surface area (Å²) in [5.74, 6) is -0.877. The fraction of sp³-hybridized carbons (Fsp3) is 0.222. The quantitative estimate of drug-likeness (QED) is 0.860. The van der Waals surface area contributed by atoms with Crippen molar-refractivity contribution in [3.8, 4) is 5.88 Å². The average molecular weight is 242 g/mol. The zero-order chi connectivity index (χ0) is 11.9. The molecule has 6 nitrogen and oxygen atoms in total. The van der Waals surface area contributed by atoms with Crippen molar-refractivity contribution >= 4 is 23.2 Å². The van der Waals surface area contributed by atoms with Gasteiger partial charge < -0.3 is 9.84 Å². The number of halogens is 1. The molecule has 0 atom stereocenters. The summed E-state index contributed by atoms with van der Waals surface area (Å²) in [5.41, 5.74) is 0.772. The highest BCUT2D eigenvalue weighted by Gasteiger charge is 2.19. The van der Waals surface area contributed by atoms with Crippen LogP contribution in [0.3, 0.4) is 0 Å². The van der Waals surface area contributed by atoms with Crippen molar-refractivity contribution in [1.82, 2.24) is 14.4 Å². The molecule has 0 unspecified atom stereocenters. The molecule has 2 rings (SSSR count). The summed E-state index contributed by atoms with van der Waals surface area (Å²) < 4.78 is 6.34. The molecule has 16 heavy (non-hydrogen) atoms. The van der Waals surface area contributed by atoms with Gasteiger partial charge in [0.2, 0.25) is 5.65 Å². The lowest BCUT2D eigenvalue weighted by Crippen LogP contribution is -2.04. The highest BCUT2D eigenvalue weighted by Crippen LogP contribution is 2.22. The van der Waals surface area contributed by atoms with Crippen LogP contribution in [-0.4, -0.2) is 32.6 Å². The Kier molecular flexibility index (Phi) is 2.43. The maximum absolute atomic E-state index is 11.0. The van der Waals surface area contributed by atoms with Gasteiger partial charge in [-0.05, 0) is 6.92 Å². The number of nitrogens with zero attached hydrogens (tertiary/aromatic N) is 3. The minimum Gasteiger partial charge on any atom is -0.478 e. The molecule has 0 aliphatic carbocycles. The summed E-state index contributed by atoms with van der Waals surface area (Å²) >= 11 is 5.76. The first-order valence-corrected chi connectivity index (χ1v) is 4.75. The van der Waals surface area contributed by atoms with E-state index in [0.29, 0.717) is 11.3 Å². The summed E-state index contributed by atoms with van der Waals surface area (Å²) in [4.78, 5) is 19.0. The molecular formula is C9H8ClN3O3. The number of imidazole rings is 1. The SMILES string of the molecule is COc1nc(Cl)cn2c(C(=O)O)c(C)nc12. The molecule has 2 aromatic rings. The number of carboxylic acids is 1. The number of rotatable bonds is 2. The van der Waals surface area contributed by atoms with Gasteiger partial charge in [-0.25, -0.2) is 9.78 Å². The normalized spacial score (nSPS) is 10.7. The van der Waals surface area contributed by atoms with E-state index in [1.807, 2.05) is 0 Å². The molecule has 0 aliphatic rings. The van der Waals surface area contributed by atoms with Gasteiger partial charge in [0, 0.05) is 6.20 Å². The molecule has 0 aromatic carbocycles. The van der Waals surface area contributed by atoms with Crippen LogP contribution in [0.5, 0.6) is 5.88 Å². The van der Waals surface area contributed by atoms with E-state index in [1.165, 1.54) is 17.7 Å². The van der Waals surface area contributed by atoms with Crippen LogP contribution in [0.1, 0.15) is 16.2 Å². The minimum atomic E-state index is -1.07. The summed E-state index contributed by atoms with van der Waals surface area (Å²) in [6, 6.07) is 0. The fourth-order valence-corrected chi connectivity index (χ4v) is 1.67. The molecule has 7 heteroatoms. The van der Waals surface area contributed by atoms with Gasteiger partial charge >= 0.3 is 5.97 Å². The number of aromatic carboxylic acids is 1. The van der Waals surface area contributed by atoms with Crippen molar-refractivity contribution < 1.29 is 14.6 Å². The molecule has 0 aliphatic heterocycles. The van der Waals surface area contributed by atoms with Gasteiger partial charge in [-0.3, -0.25) is 4.40 Å². The van der Waals surface area contributed by atoms with Crippen molar-refractivity contribution in [3.05, 3.63) is 22.7 Å². The number of hydrogen-bond acceptors (Lipinski definition) is 4. The first-order valence-electron chi connectivity index (χ1n) is 4.37. The lowest BCUT2D eigenvalue weighted by Gasteiger charge is -2.02. The first-order chi connectivity index (χ1) is 7.54. The molecule has 0 bridgehead atoms. The van der Waals surface area contributed by atoms with Crippen LogP contribution in [0.4, 0.5) is 0 Å². The third-order valence-corrected chi connectivity index (χ3v) is 2.30. The monoisotopic (exact) mass is 241 g/mol. The number of ether oxygens (including phenoxy) is 1. The van der Waals surface area contributed by atoms with Crippen molar-refractivity contribution in [2.45, 2.75) is 6.92 Å². The van der Waals surface area contributed by atoms with E-state index >= 15 is 0 Å². The first kappa shape index (κ1) is 10.7. The molecular weight excluding hydrogens is 234 g/mol. The van der Waals surface area contributed by atoms with E-state index in [-0.39, 0.29) is 16.7 Å². The largest absolute Gasteiger partial charge is 0.478 e. The molecule has 0 spiro atoms. The topological polar surface area (TPSA) is 76.7 Å². The molecule has 2 heterocycles. The summed E-state index contributed by atoms with van der Waals surface area (Å²) in [5, 5.41) is 9.18. The molecule has 0 amide bonds. The lowest BCUT2D eigenvalue weighted by atomic mass is 10.3. The Hall–Kier alpha value is -1.82. The Morgan fingerprint density at radius 2 is 2.25 bits per heavy atom. The maximum atomic E-state index is 11.0. The summed E-state index contributed by atoms with van der Waals surface area (Å²) in [6.07, 6.45) is 1.39. The predicted molar refractivity (Wildman–Crippen MR) is 56.2 cm³/mol. The van der Waals surface area contributed by atoms with Crippen LogP contribution in [0.25, 0.3) is 5.65 Å². The van der Waals surface area contributed by atoms with Crippen LogP contribution in [-0.2, 0) is 0 Å². The predicted octanol–water partition coefficient (Wildman–Crippen LogP) is 1.40. The second kappa shape index (κ2) is 3.64. The van der Waals surface area contributed by atoms with Gasteiger partial charge in [-0.1, -0.05) is 11.6 Å². The molecule has 2 aromatic heterocycles. The Balaban J connectivity index is 2.89. The molecule has 0 saturated carbocycles. The number of fused-ring (bicyclic) bond motifs is 1. The number of carbonyl (C=O) groups is 1. The molecule has 84 valence electrons. The van der Waals surface area contributed by atoms with E-state index in [0.717, 1.165) is 0 Å². The van der Waals surface area contributed by atoms with Gasteiger partial charge in [-0.15, -0.1) is 0 Å². The number of aromatic nitrogens is 3. The van der Waals surface area contributed by atoms with Gasteiger partial charge in [0.05, 0.1) is 12.8 Å². The van der Waals surface area contributed by atoms with Gasteiger partial charge in [0.1, 0.15) is 5.15 Å². The molecule has 0 fully saturated rings. The second-order valence-electron chi connectivity index (χ2n) is 3.12. The van der Waals surface area contributed by atoms with Gasteiger partial charge in [-0.2, -0.15) is 4.98 Å². The van der Waals surface area contributed by atoms with E-state index in [2.05, 4.69) is 9.97 Å². The Morgan fingerprint density at radius 3 is 2.81 bits per heavy atom. The standard InChI is InChI=1S/C9H8ClN3O3/c1-4-6(9(14)15)13-3-5(10)12-8(16-2)7(13)11-4/h3H,1-2H3,(H,14,15). The van der Waals surface area contributed by atoms with Crippen LogP contribution in [0, 0.1) is 6.92 Å². The molecule has 0 saturated heterocycles. The number of aryl methyl sites for hydroxylation is 1. The maximum Gasteiger partial charge on any atom is 0.354 e. The van der Waals surface area contributed by atoms with Crippen molar-refractivity contribution in [2.24, 2.45) is 0 Å². The zero-order valence-corrected chi connectivity index (χ0v) is 9.32. The minimum absolute atomic E-state index is 0.0533. The Morgan fingerprint density at radius 1 is 1.56 bits per heavy atom. The Labute approximate surface area is 95.5 Å². The smallest absolute Gasteiger partial charge is 0.354 e. The van der Waals surface area contributed by atoms with E-state index in [4.69, 9.17) is 21.4 Å². The van der Waals surface area contributed by atoms with Crippen molar-refractivity contribution in [3.63, 3.8) is 0 Å². The molecule has 0 radical (unpaired) electrons. The zero-order valence-electron chi connectivity index (χ0n) is 8.56. The lowest BCUT2D eigenvalue weighted by molar-refractivity contribution is 0.0688. The fourth-order valence-electron chi connectivity index (χ4n) is 1.50. The average Bonchev–Trinajstić information content (AvgIpc) is 2.52. The van der Waals surface area contributed by atoms with Crippen LogP contribution < -0.4 is 4.74 Å². The van der Waals surface area contributed by atoms with E-state index in [1.54, 1.807) is 6.92 Å². The third kappa shape index (κ3) is 1.47.